The Labute approximate surface area is 236 Å². The van der Waals surface area contributed by atoms with Crippen LogP contribution in [0.5, 0.6) is 0 Å². The zero-order valence-electron chi connectivity index (χ0n) is 22.3. The molecule has 1 saturated carbocycles. The maximum Gasteiger partial charge on any atom is 0.339 e. The van der Waals surface area contributed by atoms with E-state index in [1.165, 1.54) is 25.6 Å². The van der Waals surface area contributed by atoms with E-state index >= 15 is 4.39 Å². The maximum atomic E-state index is 15.4. The molecule has 11 heteroatoms. The molecule has 2 aliphatic rings. The molecule has 40 heavy (non-hydrogen) atoms. The van der Waals surface area contributed by atoms with E-state index in [1.54, 1.807) is 0 Å². The molecule has 1 aromatic carbocycles. The average Bonchev–Trinajstić information content (AvgIpc) is 3.48. The molecule has 0 saturated heterocycles. The van der Waals surface area contributed by atoms with E-state index in [4.69, 9.17) is 25.8 Å². The number of carbonyl (C=O) groups excluding carboxylic acids is 4. The number of rotatable bonds is 8. The summed E-state index contributed by atoms with van der Waals surface area (Å²) in [6.45, 7) is -0.232. The summed E-state index contributed by atoms with van der Waals surface area (Å²) in [7, 11) is 2.38. The third kappa shape index (κ3) is 6.50. The Bertz CT molecular complexity index is 1350. The van der Waals surface area contributed by atoms with Crippen molar-refractivity contribution < 1.29 is 37.8 Å². The molecular weight excluding hydrogens is 543 g/mol. The van der Waals surface area contributed by atoms with Crippen LogP contribution in [0.25, 0.3) is 0 Å². The molecule has 0 spiro atoms. The van der Waals surface area contributed by atoms with Gasteiger partial charge >= 0.3 is 17.9 Å². The van der Waals surface area contributed by atoms with Crippen molar-refractivity contribution in [1.29, 1.82) is 0 Å². The van der Waals surface area contributed by atoms with E-state index in [0.29, 0.717) is 31.2 Å². The number of esters is 3. The highest BCUT2D eigenvalue weighted by Crippen LogP contribution is 2.34. The SMILES string of the molecule is COC(=O)c1cncc(CN(C(=O)C2=C(C(=O)OC3CCCC3)CCCC2)c2cc(C(=O)OC)c(Cl)cc2F)c1. The molecule has 1 heterocycles. The first-order valence-electron chi connectivity index (χ1n) is 13.1. The first kappa shape index (κ1) is 29.2. The Hall–Kier alpha value is -3.79. The van der Waals surface area contributed by atoms with Crippen LogP contribution in [0.1, 0.15) is 77.6 Å². The van der Waals surface area contributed by atoms with E-state index in [1.807, 2.05) is 0 Å². The lowest BCUT2D eigenvalue weighted by Gasteiger charge is -2.28. The molecule has 2 aliphatic carbocycles. The molecule has 1 aromatic heterocycles. The van der Waals surface area contributed by atoms with Crippen LogP contribution < -0.4 is 4.90 Å². The normalized spacial score (nSPS) is 15.5. The topological polar surface area (TPSA) is 112 Å². The Morgan fingerprint density at radius 2 is 1.60 bits per heavy atom. The summed E-state index contributed by atoms with van der Waals surface area (Å²) in [5.74, 6) is -3.47. The predicted octanol–water partition coefficient (Wildman–Crippen LogP) is 5.34. The van der Waals surface area contributed by atoms with E-state index in [9.17, 15) is 19.2 Å². The Morgan fingerprint density at radius 3 is 2.27 bits per heavy atom. The first-order valence-corrected chi connectivity index (χ1v) is 13.5. The van der Waals surface area contributed by atoms with Crippen LogP contribution in [0.3, 0.4) is 0 Å². The van der Waals surface area contributed by atoms with Gasteiger partial charge in [0.15, 0.2) is 0 Å². The van der Waals surface area contributed by atoms with Gasteiger partial charge in [-0.25, -0.2) is 18.8 Å². The lowest BCUT2D eigenvalue weighted by Crippen LogP contribution is -2.35. The molecule has 1 amide bonds. The van der Waals surface area contributed by atoms with Crippen molar-refractivity contribution in [3.8, 4) is 0 Å². The summed E-state index contributed by atoms with van der Waals surface area (Å²) < 4.78 is 30.7. The van der Waals surface area contributed by atoms with Gasteiger partial charge in [0.05, 0.1) is 42.6 Å². The van der Waals surface area contributed by atoms with Gasteiger partial charge in [-0.1, -0.05) is 11.6 Å². The van der Waals surface area contributed by atoms with Crippen molar-refractivity contribution in [2.24, 2.45) is 0 Å². The summed E-state index contributed by atoms with van der Waals surface area (Å²) in [4.78, 5) is 56.9. The van der Waals surface area contributed by atoms with Crippen molar-refractivity contribution in [1.82, 2.24) is 4.98 Å². The molecule has 9 nitrogen and oxygen atoms in total. The van der Waals surface area contributed by atoms with Gasteiger partial charge in [0.1, 0.15) is 11.9 Å². The van der Waals surface area contributed by atoms with Gasteiger partial charge < -0.3 is 19.1 Å². The van der Waals surface area contributed by atoms with Crippen molar-refractivity contribution in [2.75, 3.05) is 19.1 Å². The summed E-state index contributed by atoms with van der Waals surface area (Å²) in [5, 5.41) is -0.187. The number of benzene rings is 1. The summed E-state index contributed by atoms with van der Waals surface area (Å²) in [6, 6.07) is 3.54. The Morgan fingerprint density at radius 1 is 0.925 bits per heavy atom. The Balaban J connectivity index is 1.79. The van der Waals surface area contributed by atoms with Gasteiger partial charge in [0.25, 0.3) is 5.91 Å². The summed E-state index contributed by atoms with van der Waals surface area (Å²) >= 11 is 6.11. The number of methoxy groups -OCH3 is 2. The molecular formula is C29H30ClFN2O7. The van der Waals surface area contributed by atoms with Crippen molar-refractivity contribution in [3.05, 3.63) is 69.3 Å². The largest absolute Gasteiger partial charge is 0.465 e. The summed E-state index contributed by atoms with van der Waals surface area (Å²) in [5.41, 5.74) is 0.629. The zero-order chi connectivity index (χ0) is 28.8. The third-order valence-electron chi connectivity index (χ3n) is 7.08. The third-order valence-corrected chi connectivity index (χ3v) is 7.40. The van der Waals surface area contributed by atoms with Crippen molar-refractivity contribution in [2.45, 2.75) is 64.0 Å². The highest BCUT2D eigenvalue weighted by atomic mass is 35.5. The van der Waals surface area contributed by atoms with Crippen molar-refractivity contribution >= 4 is 41.1 Å². The minimum absolute atomic E-state index is 0.136. The fourth-order valence-corrected chi connectivity index (χ4v) is 5.25. The number of carbonyl (C=O) groups is 4. The van der Waals surface area contributed by atoms with E-state index < -0.39 is 29.6 Å². The average molecular weight is 573 g/mol. The Kier molecular flexibility index (Phi) is 9.52. The van der Waals surface area contributed by atoms with Crippen LogP contribution in [-0.2, 0) is 30.3 Å². The molecule has 0 N–H and O–H groups in total. The number of anilines is 1. The lowest BCUT2D eigenvalue weighted by molar-refractivity contribution is -0.144. The highest BCUT2D eigenvalue weighted by Gasteiger charge is 2.32. The molecule has 0 unspecified atom stereocenters. The van der Waals surface area contributed by atoms with Crippen LogP contribution in [0, 0.1) is 5.82 Å². The van der Waals surface area contributed by atoms with Crippen LogP contribution in [0.15, 0.2) is 41.7 Å². The minimum atomic E-state index is -0.866. The number of pyridine rings is 1. The second-order valence-electron chi connectivity index (χ2n) is 9.72. The number of amides is 1. The lowest BCUT2D eigenvalue weighted by atomic mass is 9.90. The minimum Gasteiger partial charge on any atom is -0.465 e. The van der Waals surface area contributed by atoms with Gasteiger partial charge in [-0.2, -0.15) is 0 Å². The number of hydrogen-bond acceptors (Lipinski definition) is 8. The quantitative estimate of drug-likeness (QED) is 0.308. The molecule has 0 aliphatic heterocycles. The first-order chi connectivity index (χ1) is 19.2. The molecule has 1 fully saturated rings. The van der Waals surface area contributed by atoms with E-state index in [-0.39, 0.29) is 45.6 Å². The maximum absolute atomic E-state index is 15.4. The second-order valence-corrected chi connectivity index (χ2v) is 10.1. The molecule has 2 aromatic rings. The summed E-state index contributed by atoms with van der Waals surface area (Å²) in [6.07, 6.45) is 8.09. The van der Waals surface area contributed by atoms with Crippen LogP contribution in [0.4, 0.5) is 10.1 Å². The van der Waals surface area contributed by atoms with Crippen molar-refractivity contribution in [3.63, 3.8) is 0 Å². The number of hydrogen-bond donors (Lipinski definition) is 0. The number of nitrogens with zero attached hydrogens (tertiary/aromatic N) is 2. The molecule has 0 atom stereocenters. The van der Waals surface area contributed by atoms with Crippen LogP contribution in [-0.4, -0.2) is 49.1 Å². The van der Waals surface area contributed by atoms with Gasteiger partial charge in [-0.15, -0.1) is 0 Å². The molecule has 0 bridgehead atoms. The molecule has 4 rings (SSSR count). The van der Waals surface area contributed by atoms with Crippen LogP contribution in [0.2, 0.25) is 5.02 Å². The monoisotopic (exact) mass is 572 g/mol. The standard InChI is InChI=1S/C29H30ClFN2O7/c1-38-27(35)18-11-17(14-32-15-18)16-33(25-12-22(28(36)39-2)23(30)13-24(25)31)26(34)20-9-5-6-10-21(20)29(37)40-19-7-3-4-8-19/h11-15,19H,3-10,16H2,1-2H3. The number of ether oxygens (including phenoxy) is 3. The highest BCUT2D eigenvalue weighted by molar-refractivity contribution is 6.33. The fraction of sp³-hybridized carbons (Fsp3) is 0.414. The van der Waals surface area contributed by atoms with Gasteiger partial charge in [-0.05, 0) is 75.1 Å². The zero-order valence-corrected chi connectivity index (χ0v) is 23.1. The van der Waals surface area contributed by atoms with Gasteiger partial charge in [0.2, 0.25) is 0 Å². The smallest absolute Gasteiger partial charge is 0.339 e. The van der Waals surface area contributed by atoms with Gasteiger partial charge in [0, 0.05) is 23.5 Å². The molecule has 0 radical (unpaired) electrons. The van der Waals surface area contributed by atoms with E-state index in [0.717, 1.165) is 49.8 Å². The number of halogens is 2. The fourth-order valence-electron chi connectivity index (χ4n) is 5.02. The van der Waals surface area contributed by atoms with E-state index in [2.05, 4.69) is 4.98 Å². The predicted molar refractivity (Wildman–Crippen MR) is 143 cm³/mol. The second kappa shape index (κ2) is 13.0. The van der Waals surface area contributed by atoms with Gasteiger partial charge in [-0.3, -0.25) is 9.78 Å². The molecule has 212 valence electrons. The number of aromatic nitrogens is 1. The van der Waals surface area contributed by atoms with Crippen LogP contribution >= 0.6 is 11.6 Å².